The third-order valence-electron chi connectivity index (χ3n) is 2.06. The van der Waals surface area contributed by atoms with Gasteiger partial charge in [-0.15, -0.1) is 0 Å². The zero-order valence-corrected chi connectivity index (χ0v) is 6.71. The van der Waals surface area contributed by atoms with Gasteiger partial charge in [0.25, 0.3) is 0 Å². The first-order valence-corrected chi connectivity index (χ1v) is 3.96. The summed E-state index contributed by atoms with van der Waals surface area (Å²) >= 11 is 0. The molecule has 1 aliphatic rings. The summed E-state index contributed by atoms with van der Waals surface area (Å²) in [6.07, 6.45) is 0.140. The van der Waals surface area contributed by atoms with Crippen molar-refractivity contribution in [2.24, 2.45) is 0 Å². The lowest BCUT2D eigenvalue weighted by molar-refractivity contribution is 0.131. The Hall–Kier alpha value is -0.770. The first-order chi connectivity index (χ1) is 5.25. The van der Waals surface area contributed by atoms with Crippen molar-refractivity contribution in [2.45, 2.75) is 19.4 Å². The zero-order chi connectivity index (χ0) is 8.27. The fourth-order valence-electron chi connectivity index (χ4n) is 1.46. The first-order valence-electron chi connectivity index (χ1n) is 3.96. The Bertz CT molecular complexity index is 143. The molecule has 1 amide bonds. The van der Waals surface area contributed by atoms with Crippen molar-refractivity contribution in [1.29, 1.82) is 0 Å². The van der Waals surface area contributed by atoms with Crippen LogP contribution in [0.2, 0.25) is 0 Å². The highest BCUT2D eigenvalue weighted by atomic mass is 16.4. The Morgan fingerprint density at radius 2 is 2.55 bits per heavy atom. The van der Waals surface area contributed by atoms with E-state index in [9.17, 15) is 4.79 Å². The van der Waals surface area contributed by atoms with Crippen LogP contribution in [0.15, 0.2) is 0 Å². The van der Waals surface area contributed by atoms with Gasteiger partial charge in [0, 0.05) is 19.1 Å². The molecular weight excluding hydrogens is 144 g/mol. The molecule has 0 saturated carbocycles. The number of nitrogens with one attached hydrogen (secondary N) is 1. The number of rotatable bonds is 2. The van der Waals surface area contributed by atoms with Crippen LogP contribution in [-0.2, 0) is 0 Å². The molecule has 1 rings (SSSR count). The molecular formula is C7H14N2O2. The molecule has 1 fully saturated rings. The van der Waals surface area contributed by atoms with Crippen molar-refractivity contribution >= 4 is 6.09 Å². The molecule has 1 saturated heterocycles. The molecule has 64 valence electrons. The van der Waals surface area contributed by atoms with E-state index in [1.807, 2.05) is 6.92 Å². The average molecular weight is 158 g/mol. The minimum atomic E-state index is -0.804. The van der Waals surface area contributed by atoms with Gasteiger partial charge in [-0.1, -0.05) is 0 Å². The third-order valence-corrected chi connectivity index (χ3v) is 2.06. The van der Waals surface area contributed by atoms with E-state index in [2.05, 4.69) is 5.32 Å². The van der Waals surface area contributed by atoms with Crippen LogP contribution in [0.4, 0.5) is 4.79 Å². The second-order valence-electron chi connectivity index (χ2n) is 2.72. The van der Waals surface area contributed by atoms with E-state index >= 15 is 0 Å². The van der Waals surface area contributed by atoms with Crippen LogP contribution >= 0.6 is 0 Å². The van der Waals surface area contributed by atoms with Gasteiger partial charge < -0.3 is 15.3 Å². The molecule has 0 aromatic heterocycles. The van der Waals surface area contributed by atoms with E-state index in [0.29, 0.717) is 6.54 Å². The summed E-state index contributed by atoms with van der Waals surface area (Å²) in [5.41, 5.74) is 0. The molecule has 11 heavy (non-hydrogen) atoms. The van der Waals surface area contributed by atoms with Gasteiger partial charge in [0.2, 0.25) is 0 Å². The van der Waals surface area contributed by atoms with Gasteiger partial charge in [0.15, 0.2) is 0 Å². The molecule has 0 aliphatic carbocycles. The minimum Gasteiger partial charge on any atom is -0.465 e. The summed E-state index contributed by atoms with van der Waals surface area (Å²) in [5, 5.41) is 11.9. The summed E-state index contributed by atoms with van der Waals surface area (Å²) in [6, 6.07) is 0.192. The molecule has 4 heteroatoms. The maximum atomic E-state index is 10.6. The Balaban J connectivity index is 2.46. The Morgan fingerprint density at radius 1 is 1.82 bits per heavy atom. The van der Waals surface area contributed by atoms with Crippen molar-refractivity contribution in [3.05, 3.63) is 0 Å². The summed E-state index contributed by atoms with van der Waals surface area (Å²) in [5.74, 6) is 0. The molecule has 1 aliphatic heterocycles. The van der Waals surface area contributed by atoms with Crippen molar-refractivity contribution in [3.63, 3.8) is 0 Å². The molecule has 1 atom stereocenters. The molecule has 2 N–H and O–H groups in total. The van der Waals surface area contributed by atoms with Crippen molar-refractivity contribution in [3.8, 4) is 0 Å². The maximum absolute atomic E-state index is 10.6. The van der Waals surface area contributed by atoms with Crippen LogP contribution in [0.25, 0.3) is 0 Å². The lowest BCUT2D eigenvalue weighted by atomic mass is 10.2. The second-order valence-corrected chi connectivity index (χ2v) is 2.72. The minimum absolute atomic E-state index is 0.192. The number of carboxylic acid groups (broad SMARTS) is 1. The highest BCUT2D eigenvalue weighted by Crippen LogP contribution is 2.07. The topological polar surface area (TPSA) is 52.6 Å². The zero-order valence-electron chi connectivity index (χ0n) is 6.71. The van der Waals surface area contributed by atoms with Crippen LogP contribution in [0.3, 0.4) is 0 Å². The fraction of sp³-hybridized carbons (Fsp3) is 0.857. The van der Waals surface area contributed by atoms with Gasteiger partial charge >= 0.3 is 6.09 Å². The number of likely N-dealkylation sites (N-methyl/N-ethyl adjacent to an activating group) is 1. The van der Waals surface area contributed by atoms with E-state index in [1.54, 1.807) is 0 Å². The molecule has 0 aromatic rings. The fourth-order valence-corrected chi connectivity index (χ4v) is 1.46. The van der Waals surface area contributed by atoms with E-state index in [1.165, 1.54) is 4.90 Å². The quantitative estimate of drug-likeness (QED) is 0.609. The van der Waals surface area contributed by atoms with Gasteiger partial charge in [-0.3, -0.25) is 0 Å². The molecule has 1 heterocycles. The summed E-state index contributed by atoms with van der Waals surface area (Å²) in [6.45, 7) is 4.20. The van der Waals surface area contributed by atoms with E-state index in [4.69, 9.17) is 5.11 Å². The van der Waals surface area contributed by atoms with Gasteiger partial charge in [0.05, 0.1) is 0 Å². The normalized spacial score (nSPS) is 23.5. The number of amides is 1. The Kier molecular flexibility index (Phi) is 2.70. The van der Waals surface area contributed by atoms with E-state index in [-0.39, 0.29) is 6.04 Å². The van der Waals surface area contributed by atoms with Gasteiger partial charge in [-0.05, 0) is 19.9 Å². The SMILES string of the molecule is CCN(C(=O)O)[C@H]1CCNC1. The van der Waals surface area contributed by atoms with Gasteiger partial charge in [0.1, 0.15) is 0 Å². The van der Waals surface area contributed by atoms with Crippen molar-refractivity contribution < 1.29 is 9.90 Å². The van der Waals surface area contributed by atoms with Crippen LogP contribution in [0.5, 0.6) is 0 Å². The van der Waals surface area contributed by atoms with Gasteiger partial charge in [-0.2, -0.15) is 0 Å². The highest BCUT2D eigenvalue weighted by Gasteiger charge is 2.24. The smallest absolute Gasteiger partial charge is 0.407 e. The summed E-state index contributed by atoms with van der Waals surface area (Å²) in [7, 11) is 0. The predicted molar refractivity (Wildman–Crippen MR) is 41.7 cm³/mol. The molecule has 0 aromatic carbocycles. The first kappa shape index (κ1) is 8.33. The molecule has 4 nitrogen and oxygen atoms in total. The maximum Gasteiger partial charge on any atom is 0.407 e. The molecule has 0 bridgehead atoms. The molecule has 0 unspecified atom stereocenters. The standard InChI is InChI=1S/C7H14N2O2/c1-2-9(7(10)11)6-3-4-8-5-6/h6,8H,2-5H2,1H3,(H,10,11)/t6-/m0/s1. The van der Waals surface area contributed by atoms with Gasteiger partial charge in [-0.25, -0.2) is 4.79 Å². The van der Waals surface area contributed by atoms with E-state index in [0.717, 1.165) is 19.5 Å². The third kappa shape index (κ3) is 1.83. The van der Waals surface area contributed by atoms with Crippen LogP contribution in [-0.4, -0.2) is 41.8 Å². The summed E-state index contributed by atoms with van der Waals surface area (Å²) < 4.78 is 0. The lowest BCUT2D eigenvalue weighted by Crippen LogP contribution is -2.40. The highest BCUT2D eigenvalue weighted by molar-refractivity contribution is 5.65. The number of hydrogen-bond acceptors (Lipinski definition) is 2. The Labute approximate surface area is 66.2 Å². The van der Waals surface area contributed by atoms with Crippen LogP contribution in [0, 0.1) is 0 Å². The molecule has 0 radical (unpaired) electrons. The Morgan fingerprint density at radius 3 is 2.91 bits per heavy atom. The van der Waals surface area contributed by atoms with E-state index < -0.39 is 6.09 Å². The number of carbonyl (C=O) groups is 1. The predicted octanol–water partition coefficient (Wildman–Crippen LogP) is 0.348. The largest absolute Gasteiger partial charge is 0.465 e. The second kappa shape index (κ2) is 3.57. The molecule has 0 spiro atoms. The number of nitrogens with zero attached hydrogens (tertiary/aromatic N) is 1. The van der Waals surface area contributed by atoms with Crippen LogP contribution in [0.1, 0.15) is 13.3 Å². The number of hydrogen-bond donors (Lipinski definition) is 2. The average Bonchev–Trinajstić information content (AvgIpc) is 2.40. The van der Waals surface area contributed by atoms with Crippen LogP contribution < -0.4 is 5.32 Å². The lowest BCUT2D eigenvalue weighted by Gasteiger charge is -2.23. The summed E-state index contributed by atoms with van der Waals surface area (Å²) in [4.78, 5) is 12.1. The van der Waals surface area contributed by atoms with Crippen molar-refractivity contribution in [1.82, 2.24) is 10.2 Å². The van der Waals surface area contributed by atoms with Crippen molar-refractivity contribution in [2.75, 3.05) is 19.6 Å². The monoisotopic (exact) mass is 158 g/mol.